The molecule has 0 fully saturated rings. The van der Waals surface area contributed by atoms with Crippen LogP contribution in [0.15, 0.2) is 60.7 Å². The van der Waals surface area contributed by atoms with Gasteiger partial charge in [0, 0.05) is 0 Å². The highest BCUT2D eigenvalue weighted by Gasteiger charge is 1.95. The van der Waals surface area contributed by atoms with Gasteiger partial charge in [0.2, 0.25) is 0 Å². The predicted molar refractivity (Wildman–Crippen MR) is 76.1 cm³/mol. The first-order chi connectivity index (χ1) is 8.88. The average Bonchev–Trinajstić information content (AvgIpc) is 2.42. The fraction of sp³-hybridized carbons (Fsp3) is 0.176. The van der Waals surface area contributed by atoms with Crippen LogP contribution >= 0.6 is 0 Å². The summed E-state index contributed by atoms with van der Waals surface area (Å²) >= 11 is 0. The highest BCUT2D eigenvalue weighted by molar-refractivity contribution is 5.49. The van der Waals surface area contributed by atoms with Gasteiger partial charge in [0.1, 0.15) is 0 Å². The minimum absolute atomic E-state index is 0.658. The van der Waals surface area contributed by atoms with Crippen LogP contribution in [0.2, 0.25) is 0 Å². The quantitative estimate of drug-likeness (QED) is 0.748. The van der Waals surface area contributed by atoms with Crippen molar-refractivity contribution >= 4 is 6.08 Å². The van der Waals surface area contributed by atoms with E-state index in [1.54, 1.807) is 0 Å². The smallest absolute Gasteiger partial charge is 0.0721 e. The normalized spacial score (nSPS) is 10.9. The zero-order valence-corrected chi connectivity index (χ0v) is 10.7. The molecule has 0 aliphatic heterocycles. The number of ether oxygens (including phenoxy) is 1. The second-order valence-corrected chi connectivity index (χ2v) is 4.22. The summed E-state index contributed by atoms with van der Waals surface area (Å²) in [6, 6.07) is 18.7. The standard InChI is InChI=1S/C17H18O/c1-2-6-15-9-11-17(12-10-15)14-18-13-16-7-4-3-5-8-16/h2-12H,13-14H2,1H3. The molecule has 0 aliphatic rings. The third-order valence-corrected chi connectivity index (χ3v) is 2.72. The molecule has 0 saturated carbocycles. The molecule has 0 amide bonds. The minimum atomic E-state index is 0.658. The molecule has 2 aromatic carbocycles. The molecule has 0 spiro atoms. The molecule has 1 heteroatoms. The van der Waals surface area contributed by atoms with Crippen LogP contribution < -0.4 is 0 Å². The first-order valence-electron chi connectivity index (χ1n) is 6.22. The fourth-order valence-electron chi connectivity index (χ4n) is 1.78. The average molecular weight is 238 g/mol. The van der Waals surface area contributed by atoms with E-state index in [9.17, 15) is 0 Å². The van der Waals surface area contributed by atoms with Crippen LogP contribution in [0.1, 0.15) is 23.6 Å². The summed E-state index contributed by atoms with van der Waals surface area (Å²) in [6.45, 7) is 3.35. The largest absolute Gasteiger partial charge is 0.372 e. The van der Waals surface area contributed by atoms with Gasteiger partial charge in [-0.2, -0.15) is 0 Å². The highest BCUT2D eigenvalue weighted by atomic mass is 16.5. The van der Waals surface area contributed by atoms with Gasteiger partial charge >= 0.3 is 0 Å². The lowest BCUT2D eigenvalue weighted by atomic mass is 10.1. The van der Waals surface area contributed by atoms with Crippen molar-refractivity contribution in [1.82, 2.24) is 0 Å². The van der Waals surface area contributed by atoms with Crippen molar-refractivity contribution in [3.05, 3.63) is 77.4 Å². The van der Waals surface area contributed by atoms with Crippen LogP contribution in [-0.4, -0.2) is 0 Å². The third kappa shape index (κ3) is 3.86. The molecule has 0 saturated heterocycles. The van der Waals surface area contributed by atoms with E-state index in [0.29, 0.717) is 13.2 Å². The molecule has 1 nitrogen and oxygen atoms in total. The number of rotatable bonds is 5. The van der Waals surface area contributed by atoms with Gasteiger partial charge in [0.05, 0.1) is 13.2 Å². The van der Waals surface area contributed by atoms with Crippen molar-refractivity contribution in [2.75, 3.05) is 0 Å². The summed E-state index contributed by atoms with van der Waals surface area (Å²) in [7, 11) is 0. The monoisotopic (exact) mass is 238 g/mol. The summed E-state index contributed by atoms with van der Waals surface area (Å²) in [5.41, 5.74) is 3.64. The molecule has 0 bridgehead atoms. The Morgan fingerprint density at radius 1 is 0.833 bits per heavy atom. The van der Waals surface area contributed by atoms with Crippen LogP contribution in [0.4, 0.5) is 0 Å². The first-order valence-corrected chi connectivity index (χ1v) is 6.22. The molecule has 0 N–H and O–H groups in total. The van der Waals surface area contributed by atoms with Crippen molar-refractivity contribution in [3.8, 4) is 0 Å². The molecule has 0 aliphatic carbocycles. The molecule has 2 aromatic rings. The summed E-state index contributed by atoms with van der Waals surface area (Å²) in [5.74, 6) is 0. The van der Waals surface area contributed by atoms with E-state index >= 15 is 0 Å². The lowest BCUT2D eigenvalue weighted by molar-refractivity contribution is 0.107. The number of benzene rings is 2. The fourth-order valence-corrected chi connectivity index (χ4v) is 1.78. The Labute approximate surface area is 109 Å². The third-order valence-electron chi connectivity index (χ3n) is 2.72. The maximum absolute atomic E-state index is 5.69. The number of hydrogen-bond acceptors (Lipinski definition) is 1. The summed E-state index contributed by atoms with van der Waals surface area (Å²) in [4.78, 5) is 0. The Morgan fingerprint density at radius 2 is 1.44 bits per heavy atom. The predicted octanol–water partition coefficient (Wildman–Crippen LogP) is 4.44. The lowest BCUT2D eigenvalue weighted by Gasteiger charge is -2.05. The first kappa shape index (κ1) is 12.6. The summed E-state index contributed by atoms with van der Waals surface area (Å²) < 4.78 is 5.69. The second-order valence-electron chi connectivity index (χ2n) is 4.22. The van der Waals surface area contributed by atoms with E-state index in [0.717, 1.165) is 0 Å². The van der Waals surface area contributed by atoms with Crippen molar-refractivity contribution in [3.63, 3.8) is 0 Å². The zero-order valence-electron chi connectivity index (χ0n) is 10.7. The molecule has 92 valence electrons. The van der Waals surface area contributed by atoms with Crippen LogP contribution in [-0.2, 0) is 18.0 Å². The number of hydrogen-bond donors (Lipinski definition) is 0. The van der Waals surface area contributed by atoms with Gasteiger partial charge in [-0.05, 0) is 23.6 Å². The summed E-state index contributed by atoms with van der Waals surface area (Å²) in [5, 5.41) is 0. The van der Waals surface area contributed by atoms with Crippen LogP contribution in [0.3, 0.4) is 0 Å². The Balaban J connectivity index is 1.83. The van der Waals surface area contributed by atoms with Crippen molar-refractivity contribution in [2.45, 2.75) is 20.1 Å². The van der Waals surface area contributed by atoms with Crippen LogP contribution in [0.5, 0.6) is 0 Å². The SMILES string of the molecule is CC=Cc1ccc(COCc2ccccc2)cc1. The van der Waals surface area contributed by atoms with Gasteiger partial charge in [-0.15, -0.1) is 0 Å². The minimum Gasteiger partial charge on any atom is -0.372 e. The van der Waals surface area contributed by atoms with Crippen LogP contribution in [0, 0.1) is 0 Å². The van der Waals surface area contributed by atoms with Crippen molar-refractivity contribution in [1.29, 1.82) is 0 Å². The van der Waals surface area contributed by atoms with Gasteiger partial charge in [-0.3, -0.25) is 0 Å². The molecule has 0 aromatic heterocycles. The Hall–Kier alpha value is -1.86. The van der Waals surface area contributed by atoms with E-state index < -0.39 is 0 Å². The van der Waals surface area contributed by atoms with Gasteiger partial charge in [-0.1, -0.05) is 66.7 Å². The Kier molecular flexibility index (Phi) is 4.74. The van der Waals surface area contributed by atoms with Crippen molar-refractivity contribution < 1.29 is 4.74 Å². The topological polar surface area (TPSA) is 9.23 Å². The van der Waals surface area contributed by atoms with E-state index in [4.69, 9.17) is 4.74 Å². The molecule has 0 heterocycles. The van der Waals surface area contributed by atoms with Gasteiger partial charge in [-0.25, -0.2) is 0 Å². The van der Waals surface area contributed by atoms with Gasteiger partial charge in [0.15, 0.2) is 0 Å². The second kappa shape index (κ2) is 6.77. The maximum Gasteiger partial charge on any atom is 0.0721 e. The molecule has 0 radical (unpaired) electrons. The number of allylic oxidation sites excluding steroid dienone is 1. The molecule has 18 heavy (non-hydrogen) atoms. The highest BCUT2D eigenvalue weighted by Crippen LogP contribution is 2.09. The molecular formula is C17H18O. The van der Waals surface area contributed by atoms with Crippen LogP contribution in [0.25, 0.3) is 6.08 Å². The molecule has 0 unspecified atom stereocenters. The van der Waals surface area contributed by atoms with Gasteiger partial charge < -0.3 is 4.74 Å². The summed E-state index contributed by atoms with van der Waals surface area (Å²) in [6.07, 6.45) is 4.13. The van der Waals surface area contributed by atoms with E-state index in [2.05, 4.69) is 42.5 Å². The van der Waals surface area contributed by atoms with Crippen molar-refractivity contribution in [2.24, 2.45) is 0 Å². The maximum atomic E-state index is 5.69. The molecule has 2 rings (SSSR count). The Morgan fingerprint density at radius 3 is 2.06 bits per heavy atom. The molecule has 0 atom stereocenters. The van der Waals surface area contributed by atoms with Gasteiger partial charge in [0.25, 0.3) is 0 Å². The molecular weight excluding hydrogens is 220 g/mol. The van der Waals surface area contributed by atoms with E-state index in [1.165, 1.54) is 16.7 Å². The Bertz CT molecular complexity index is 483. The zero-order chi connectivity index (χ0) is 12.6. The van der Waals surface area contributed by atoms with E-state index in [-0.39, 0.29) is 0 Å². The van der Waals surface area contributed by atoms with E-state index in [1.807, 2.05) is 31.2 Å². The lowest BCUT2D eigenvalue weighted by Crippen LogP contribution is -1.93.